The first-order chi connectivity index (χ1) is 4.84. The average Bonchev–Trinajstić information content (AvgIpc) is 1.94. The molecule has 0 aromatic heterocycles. The fourth-order valence-corrected chi connectivity index (χ4v) is 1.07. The van der Waals surface area contributed by atoms with Gasteiger partial charge in [0.2, 0.25) is 0 Å². The Hall–Kier alpha value is -0.760. The summed E-state index contributed by atoms with van der Waals surface area (Å²) in [6, 6.07) is 0. The molecule has 2 heteroatoms. The molecule has 0 heterocycles. The molecule has 1 aliphatic rings. The summed E-state index contributed by atoms with van der Waals surface area (Å²) >= 11 is 1.45. The van der Waals surface area contributed by atoms with Gasteiger partial charge < -0.3 is 0 Å². The van der Waals surface area contributed by atoms with Crippen molar-refractivity contribution in [2.24, 2.45) is 4.40 Å². The zero-order chi connectivity index (χ0) is 7.40. The summed E-state index contributed by atoms with van der Waals surface area (Å²) < 4.78 is 4.16. The molecule has 0 aromatic carbocycles. The Morgan fingerprint density at radius 2 is 2.10 bits per heavy atom. The Morgan fingerprint density at radius 3 is 2.70 bits per heavy atom. The van der Waals surface area contributed by atoms with Gasteiger partial charge in [-0.3, -0.25) is 0 Å². The minimum Gasteiger partial charge on any atom is -0.216 e. The highest BCUT2D eigenvalue weighted by Gasteiger charge is 1.98. The van der Waals surface area contributed by atoms with Crippen molar-refractivity contribution in [2.45, 2.75) is 0 Å². The van der Waals surface area contributed by atoms with E-state index in [9.17, 15) is 0 Å². The molecule has 0 aliphatic heterocycles. The predicted octanol–water partition coefficient (Wildman–Crippen LogP) is 2.39. The Labute approximate surface area is 65.4 Å². The van der Waals surface area contributed by atoms with Crippen LogP contribution in [0.2, 0.25) is 0 Å². The van der Waals surface area contributed by atoms with Gasteiger partial charge in [-0.15, -0.1) is 0 Å². The lowest BCUT2D eigenvalue weighted by molar-refractivity contribution is 1.71. The molecule has 0 atom stereocenters. The van der Waals surface area contributed by atoms with Gasteiger partial charge in [0.1, 0.15) is 0 Å². The highest BCUT2D eigenvalue weighted by molar-refractivity contribution is 7.97. The largest absolute Gasteiger partial charge is 0.216 e. The van der Waals surface area contributed by atoms with Crippen molar-refractivity contribution in [2.75, 3.05) is 6.26 Å². The van der Waals surface area contributed by atoms with Gasteiger partial charge in [-0.1, -0.05) is 24.8 Å². The molecule has 0 amide bonds. The molecule has 0 fully saturated rings. The van der Waals surface area contributed by atoms with Crippen LogP contribution in [0.15, 0.2) is 40.9 Å². The molecule has 0 saturated carbocycles. The first-order valence-corrected chi connectivity index (χ1v) is 4.18. The topological polar surface area (TPSA) is 12.4 Å². The van der Waals surface area contributed by atoms with E-state index in [1.165, 1.54) is 11.9 Å². The van der Waals surface area contributed by atoms with E-state index >= 15 is 0 Å². The molecule has 1 rings (SSSR count). The van der Waals surface area contributed by atoms with Crippen LogP contribution in [0.25, 0.3) is 0 Å². The van der Waals surface area contributed by atoms with E-state index in [2.05, 4.69) is 11.0 Å². The number of hydrogen-bond donors (Lipinski definition) is 0. The molecule has 0 N–H and O–H groups in total. The highest BCUT2D eigenvalue weighted by atomic mass is 32.2. The smallest absolute Gasteiger partial charge is 0.0779 e. The maximum absolute atomic E-state index is 4.16. The van der Waals surface area contributed by atoms with Crippen molar-refractivity contribution < 1.29 is 0 Å². The van der Waals surface area contributed by atoms with Crippen LogP contribution < -0.4 is 0 Å². The summed E-state index contributed by atoms with van der Waals surface area (Å²) in [5.74, 6) is 0. The van der Waals surface area contributed by atoms with Gasteiger partial charge in [-0.25, -0.2) is 4.40 Å². The fourth-order valence-electron chi connectivity index (χ4n) is 0.698. The molecule has 0 saturated heterocycles. The summed E-state index contributed by atoms with van der Waals surface area (Å²) in [5.41, 5.74) is 1.95. The van der Waals surface area contributed by atoms with Crippen LogP contribution in [0.5, 0.6) is 0 Å². The van der Waals surface area contributed by atoms with Crippen LogP contribution in [-0.4, -0.2) is 12.0 Å². The molecule has 10 heavy (non-hydrogen) atoms. The van der Waals surface area contributed by atoms with Crippen LogP contribution in [0, 0.1) is 0 Å². The zero-order valence-corrected chi connectivity index (χ0v) is 6.69. The Morgan fingerprint density at radius 1 is 1.40 bits per heavy atom. The first kappa shape index (κ1) is 7.35. The van der Waals surface area contributed by atoms with E-state index in [0.29, 0.717) is 0 Å². The van der Waals surface area contributed by atoms with E-state index in [1.54, 1.807) is 0 Å². The van der Waals surface area contributed by atoms with Crippen molar-refractivity contribution in [3.63, 3.8) is 0 Å². The minimum atomic E-state index is 0.968. The Balaban J connectivity index is 2.80. The van der Waals surface area contributed by atoms with E-state index < -0.39 is 0 Å². The Bertz CT molecular complexity index is 223. The van der Waals surface area contributed by atoms with E-state index in [0.717, 1.165) is 11.3 Å². The first-order valence-electron chi connectivity index (χ1n) is 3.00. The van der Waals surface area contributed by atoms with Crippen molar-refractivity contribution in [3.8, 4) is 0 Å². The average molecular weight is 151 g/mol. The summed E-state index contributed by atoms with van der Waals surface area (Å²) in [6.45, 7) is 3.83. The van der Waals surface area contributed by atoms with Gasteiger partial charge in [0.15, 0.2) is 0 Å². The SMILES string of the molecule is C=C1C=CC=CC1=NSC. The molecule has 0 spiro atoms. The van der Waals surface area contributed by atoms with Gasteiger partial charge in [0.05, 0.1) is 5.71 Å². The lowest BCUT2D eigenvalue weighted by atomic mass is 10.1. The van der Waals surface area contributed by atoms with Crippen LogP contribution >= 0.6 is 11.9 Å². The highest BCUT2D eigenvalue weighted by Crippen LogP contribution is 2.08. The molecule has 0 unspecified atom stereocenters. The van der Waals surface area contributed by atoms with E-state index in [1.807, 2.05) is 30.6 Å². The van der Waals surface area contributed by atoms with Gasteiger partial charge in [-0.05, 0) is 23.6 Å². The molecule has 0 radical (unpaired) electrons. The summed E-state index contributed by atoms with van der Waals surface area (Å²) in [5, 5.41) is 0. The van der Waals surface area contributed by atoms with Gasteiger partial charge in [-0.2, -0.15) is 0 Å². The standard InChI is InChI=1S/C8H9NS/c1-7-5-3-4-6-8(7)9-10-2/h3-6H,1H2,2H3. The normalized spacial score (nSPS) is 20.5. The number of hydrogen-bond acceptors (Lipinski definition) is 2. The maximum atomic E-state index is 4.16. The summed E-state index contributed by atoms with van der Waals surface area (Å²) in [6.07, 6.45) is 9.77. The number of allylic oxidation sites excluding steroid dienone is 5. The third-order valence-corrected chi connectivity index (χ3v) is 1.56. The molecule has 1 nitrogen and oxygen atoms in total. The number of rotatable bonds is 1. The van der Waals surface area contributed by atoms with E-state index in [-0.39, 0.29) is 0 Å². The molecule has 0 bridgehead atoms. The molecule has 52 valence electrons. The van der Waals surface area contributed by atoms with E-state index in [4.69, 9.17) is 0 Å². The number of nitrogens with zero attached hydrogens (tertiary/aromatic N) is 1. The van der Waals surface area contributed by atoms with Crippen molar-refractivity contribution in [1.82, 2.24) is 0 Å². The van der Waals surface area contributed by atoms with Crippen LogP contribution in [-0.2, 0) is 0 Å². The third kappa shape index (κ3) is 1.61. The second-order valence-electron chi connectivity index (χ2n) is 1.90. The summed E-state index contributed by atoms with van der Waals surface area (Å²) in [4.78, 5) is 0. The van der Waals surface area contributed by atoms with Gasteiger partial charge >= 0.3 is 0 Å². The van der Waals surface area contributed by atoms with Crippen LogP contribution in [0.3, 0.4) is 0 Å². The second-order valence-corrected chi connectivity index (χ2v) is 2.45. The molecule has 0 aromatic rings. The predicted molar refractivity (Wildman–Crippen MR) is 48.4 cm³/mol. The lowest BCUT2D eigenvalue weighted by Gasteiger charge is -2.01. The summed E-state index contributed by atoms with van der Waals surface area (Å²) in [7, 11) is 0. The molecular formula is C8H9NS. The van der Waals surface area contributed by atoms with Gasteiger partial charge in [0.25, 0.3) is 0 Å². The molecular weight excluding hydrogens is 142 g/mol. The van der Waals surface area contributed by atoms with Crippen LogP contribution in [0.1, 0.15) is 0 Å². The van der Waals surface area contributed by atoms with Crippen LogP contribution in [0.4, 0.5) is 0 Å². The zero-order valence-electron chi connectivity index (χ0n) is 5.87. The third-order valence-electron chi connectivity index (χ3n) is 1.18. The molecule has 1 aliphatic carbocycles. The maximum Gasteiger partial charge on any atom is 0.0779 e. The van der Waals surface area contributed by atoms with Gasteiger partial charge in [0, 0.05) is 6.26 Å². The Kier molecular flexibility index (Phi) is 2.51. The van der Waals surface area contributed by atoms with Crippen molar-refractivity contribution >= 4 is 17.7 Å². The van der Waals surface area contributed by atoms with Crippen molar-refractivity contribution in [1.29, 1.82) is 0 Å². The minimum absolute atomic E-state index is 0.968. The fraction of sp³-hybridized carbons (Fsp3) is 0.125. The second kappa shape index (κ2) is 3.42. The monoisotopic (exact) mass is 151 g/mol. The lowest BCUT2D eigenvalue weighted by Crippen LogP contribution is -1.96. The quantitative estimate of drug-likeness (QED) is 0.524. The van der Waals surface area contributed by atoms with Crippen molar-refractivity contribution in [3.05, 3.63) is 36.5 Å².